The number of hydrogen-bond donors (Lipinski definition) is 1. The molecule has 2 unspecified atom stereocenters. The largest absolute Gasteiger partial charge is 0.441 e. The van der Waals surface area contributed by atoms with E-state index >= 15 is 0 Å². The predicted octanol–water partition coefficient (Wildman–Crippen LogP) is 2.43. The normalized spacial score (nSPS) is 32.3. The van der Waals surface area contributed by atoms with Crippen LogP contribution in [0, 0.1) is 12.8 Å². The maximum atomic E-state index is 13.3. The molecule has 6 nitrogen and oxygen atoms in total. The van der Waals surface area contributed by atoms with Crippen molar-refractivity contribution in [1.82, 2.24) is 20.1 Å². The average molecular weight is 402 g/mol. The number of amides is 1. The summed E-state index contributed by atoms with van der Waals surface area (Å²) < 4.78 is 5.64. The van der Waals surface area contributed by atoms with E-state index in [1.54, 1.807) is 0 Å². The fourth-order valence-corrected chi connectivity index (χ4v) is 5.97. The summed E-state index contributed by atoms with van der Waals surface area (Å²) in [6, 6.07) is 16.4. The standard InChI is InChI=1S/C24H26N4O2/c1-16-25-20-8-7-17(11-21(20)30-16)23(29)26-22-18-12-27-9-10-28(13-18)15-24(22,14-27)19-5-3-2-4-6-19/h2-8,11,18,22H,9-10,12-15H2,1H3,(H,26,29)/t18?,22-,24?/m0/s1. The number of nitrogens with zero attached hydrogens (tertiary/aromatic N) is 3. The van der Waals surface area contributed by atoms with Crippen molar-refractivity contribution in [1.29, 1.82) is 0 Å². The molecule has 5 heterocycles. The van der Waals surface area contributed by atoms with Gasteiger partial charge in [-0.15, -0.1) is 0 Å². The van der Waals surface area contributed by atoms with Crippen LogP contribution in [0.5, 0.6) is 0 Å². The molecule has 3 aromatic rings. The van der Waals surface area contributed by atoms with Crippen molar-refractivity contribution in [2.45, 2.75) is 18.4 Å². The smallest absolute Gasteiger partial charge is 0.251 e. The van der Waals surface area contributed by atoms with Gasteiger partial charge in [0.05, 0.1) is 0 Å². The molecule has 4 aliphatic heterocycles. The Balaban J connectivity index is 1.37. The fourth-order valence-electron chi connectivity index (χ4n) is 5.97. The second-order valence-electron chi connectivity index (χ2n) is 9.12. The first-order chi connectivity index (χ1) is 14.6. The second kappa shape index (κ2) is 6.65. The molecule has 154 valence electrons. The Morgan fingerprint density at radius 1 is 1.10 bits per heavy atom. The van der Waals surface area contributed by atoms with Crippen LogP contribution >= 0.6 is 0 Å². The summed E-state index contributed by atoms with van der Waals surface area (Å²) in [6.07, 6.45) is 0. The number of piperidine rings is 2. The Morgan fingerprint density at radius 2 is 1.83 bits per heavy atom. The van der Waals surface area contributed by atoms with Gasteiger partial charge in [0, 0.05) is 69.1 Å². The predicted molar refractivity (Wildman–Crippen MR) is 114 cm³/mol. The number of aromatic nitrogens is 1. The molecule has 0 radical (unpaired) electrons. The zero-order valence-corrected chi connectivity index (χ0v) is 17.2. The summed E-state index contributed by atoms with van der Waals surface area (Å²) in [5, 5.41) is 3.46. The molecular formula is C24H26N4O2. The maximum Gasteiger partial charge on any atom is 0.251 e. The highest BCUT2D eigenvalue weighted by Crippen LogP contribution is 2.43. The molecule has 6 heteroatoms. The Morgan fingerprint density at radius 3 is 2.57 bits per heavy atom. The minimum absolute atomic E-state index is 0.0255. The van der Waals surface area contributed by atoms with Crippen LogP contribution in [0.2, 0.25) is 0 Å². The monoisotopic (exact) mass is 402 g/mol. The fraction of sp³-hybridized carbons (Fsp3) is 0.417. The van der Waals surface area contributed by atoms with E-state index in [1.807, 2.05) is 25.1 Å². The van der Waals surface area contributed by atoms with E-state index in [4.69, 9.17) is 4.42 Å². The summed E-state index contributed by atoms with van der Waals surface area (Å²) in [7, 11) is 0. The number of nitrogens with one attached hydrogen (secondary N) is 1. The van der Waals surface area contributed by atoms with Gasteiger partial charge >= 0.3 is 0 Å². The number of carbonyl (C=O) groups is 1. The van der Waals surface area contributed by atoms with Gasteiger partial charge < -0.3 is 19.5 Å². The number of aryl methyl sites for hydroxylation is 1. The van der Waals surface area contributed by atoms with Gasteiger partial charge in [-0.1, -0.05) is 30.3 Å². The van der Waals surface area contributed by atoms with E-state index in [1.165, 1.54) is 5.56 Å². The molecular weight excluding hydrogens is 376 g/mol. The average Bonchev–Trinajstić information content (AvgIpc) is 2.94. The van der Waals surface area contributed by atoms with Gasteiger partial charge in [0.15, 0.2) is 11.5 Å². The van der Waals surface area contributed by atoms with Crippen LogP contribution in [0.3, 0.4) is 0 Å². The first-order valence-electron chi connectivity index (χ1n) is 10.8. The number of rotatable bonds is 3. The molecule has 0 saturated carbocycles. The third-order valence-corrected chi connectivity index (χ3v) is 7.19. The highest BCUT2D eigenvalue weighted by molar-refractivity contribution is 5.97. The van der Waals surface area contributed by atoms with E-state index < -0.39 is 0 Å². The highest BCUT2D eigenvalue weighted by Gasteiger charge is 2.55. The first-order valence-corrected chi connectivity index (χ1v) is 10.8. The SMILES string of the molecule is Cc1nc2ccc(C(=O)N[C@H]3C4CN5CCN(C4)CC3(c3ccccc3)C5)cc2o1. The van der Waals surface area contributed by atoms with Crippen LogP contribution < -0.4 is 5.32 Å². The molecule has 4 saturated heterocycles. The summed E-state index contributed by atoms with van der Waals surface area (Å²) in [5.41, 5.74) is 3.34. The van der Waals surface area contributed by atoms with Crippen molar-refractivity contribution >= 4 is 17.0 Å². The molecule has 4 bridgehead atoms. The van der Waals surface area contributed by atoms with Gasteiger partial charge in [-0.05, 0) is 23.8 Å². The summed E-state index contributed by atoms with van der Waals surface area (Å²) in [5.74, 6) is 1.02. The van der Waals surface area contributed by atoms with Gasteiger partial charge in [-0.3, -0.25) is 4.79 Å². The number of fused-ring (bicyclic) bond motifs is 2. The van der Waals surface area contributed by atoms with Crippen LogP contribution in [0.1, 0.15) is 21.8 Å². The molecule has 0 aliphatic carbocycles. The van der Waals surface area contributed by atoms with Crippen LogP contribution in [0.15, 0.2) is 52.9 Å². The molecule has 30 heavy (non-hydrogen) atoms. The van der Waals surface area contributed by atoms with Crippen molar-refractivity contribution < 1.29 is 9.21 Å². The molecule has 1 aromatic heterocycles. The van der Waals surface area contributed by atoms with Crippen LogP contribution in [-0.4, -0.2) is 66.0 Å². The lowest BCUT2D eigenvalue weighted by Crippen LogP contribution is -2.70. The molecule has 0 spiro atoms. The van der Waals surface area contributed by atoms with E-state index in [2.05, 4.69) is 50.4 Å². The maximum absolute atomic E-state index is 13.3. The van der Waals surface area contributed by atoms with Crippen molar-refractivity contribution in [2.75, 3.05) is 39.3 Å². The summed E-state index contributed by atoms with van der Waals surface area (Å²) in [6.45, 7) is 8.16. The Kier molecular flexibility index (Phi) is 4.01. The molecule has 1 N–H and O–H groups in total. The lowest BCUT2D eigenvalue weighted by molar-refractivity contribution is 0.0180. The van der Waals surface area contributed by atoms with Crippen LogP contribution in [0.4, 0.5) is 0 Å². The Hall–Kier alpha value is -2.70. The van der Waals surface area contributed by atoms with Gasteiger partial charge in [0.2, 0.25) is 0 Å². The number of benzene rings is 2. The van der Waals surface area contributed by atoms with E-state index in [0.717, 1.165) is 44.8 Å². The number of oxazole rings is 1. The molecule has 4 fully saturated rings. The van der Waals surface area contributed by atoms with Crippen molar-refractivity contribution in [3.8, 4) is 0 Å². The molecule has 1 amide bonds. The first kappa shape index (κ1) is 18.1. The number of carbonyl (C=O) groups excluding carboxylic acids is 1. The molecule has 2 aromatic carbocycles. The second-order valence-corrected chi connectivity index (χ2v) is 9.12. The van der Waals surface area contributed by atoms with Crippen LogP contribution in [-0.2, 0) is 5.41 Å². The topological polar surface area (TPSA) is 61.6 Å². The molecule has 4 aliphatic rings. The molecule has 3 atom stereocenters. The van der Waals surface area contributed by atoms with Gasteiger partial charge in [-0.2, -0.15) is 0 Å². The van der Waals surface area contributed by atoms with Crippen molar-refractivity contribution in [2.24, 2.45) is 5.92 Å². The zero-order chi connectivity index (χ0) is 20.3. The minimum Gasteiger partial charge on any atom is -0.441 e. The lowest BCUT2D eigenvalue weighted by Gasteiger charge is -2.55. The van der Waals surface area contributed by atoms with Crippen LogP contribution in [0.25, 0.3) is 11.1 Å². The van der Waals surface area contributed by atoms with Gasteiger partial charge in [-0.25, -0.2) is 4.98 Å². The molecule has 7 rings (SSSR count). The Bertz CT molecular complexity index is 1090. The lowest BCUT2D eigenvalue weighted by atomic mass is 9.64. The van der Waals surface area contributed by atoms with E-state index in [0.29, 0.717) is 23.0 Å². The Labute approximate surface area is 175 Å². The van der Waals surface area contributed by atoms with Gasteiger partial charge in [0.1, 0.15) is 5.52 Å². The van der Waals surface area contributed by atoms with Crippen molar-refractivity contribution in [3.63, 3.8) is 0 Å². The van der Waals surface area contributed by atoms with E-state index in [9.17, 15) is 4.79 Å². The third kappa shape index (κ3) is 2.78. The summed E-state index contributed by atoms with van der Waals surface area (Å²) >= 11 is 0. The highest BCUT2D eigenvalue weighted by atomic mass is 16.3. The minimum atomic E-state index is -0.0818. The third-order valence-electron chi connectivity index (χ3n) is 7.19. The van der Waals surface area contributed by atoms with E-state index in [-0.39, 0.29) is 17.4 Å². The quantitative estimate of drug-likeness (QED) is 0.729. The van der Waals surface area contributed by atoms with Crippen molar-refractivity contribution in [3.05, 3.63) is 65.5 Å². The zero-order valence-electron chi connectivity index (χ0n) is 17.2. The number of hydrogen-bond acceptors (Lipinski definition) is 5. The van der Waals surface area contributed by atoms with Gasteiger partial charge in [0.25, 0.3) is 5.91 Å². The summed E-state index contributed by atoms with van der Waals surface area (Å²) in [4.78, 5) is 22.9.